The van der Waals surface area contributed by atoms with Gasteiger partial charge in [0.25, 0.3) is 0 Å². The Morgan fingerprint density at radius 3 is 2.82 bits per heavy atom. The zero-order chi connectivity index (χ0) is 19.7. The summed E-state index contributed by atoms with van der Waals surface area (Å²) in [6, 6.07) is 10.8. The molecule has 1 aliphatic heterocycles. The summed E-state index contributed by atoms with van der Waals surface area (Å²) in [6.45, 7) is 8.83. The van der Waals surface area contributed by atoms with Crippen LogP contribution in [-0.4, -0.2) is 40.1 Å². The van der Waals surface area contributed by atoms with Crippen molar-refractivity contribution in [1.29, 1.82) is 0 Å². The highest BCUT2D eigenvalue weighted by Gasteiger charge is 2.57. The first-order chi connectivity index (χ1) is 13.4. The molecule has 1 aliphatic carbocycles. The number of rotatable bonds is 6. The fraction of sp³-hybridized carbons (Fsp3) is 0.591. The van der Waals surface area contributed by atoms with Gasteiger partial charge in [-0.05, 0) is 37.2 Å². The Hall–Kier alpha value is -2.21. The van der Waals surface area contributed by atoms with Crippen molar-refractivity contribution in [3.8, 4) is 0 Å². The van der Waals surface area contributed by atoms with Gasteiger partial charge in [-0.1, -0.05) is 49.3 Å². The molecule has 6 heteroatoms. The van der Waals surface area contributed by atoms with Crippen molar-refractivity contribution >= 4 is 5.91 Å². The zero-order valence-corrected chi connectivity index (χ0v) is 17.0. The minimum absolute atomic E-state index is 0.151. The van der Waals surface area contributed by atoms with Crippen LogP contribution >= 0.6 is 0 Å². The van der Waals surface area contributed by atoms with Gasteiger partial charge in [-0.15, -0.1) is 0 Å². The number of carbonyl (C=O) groups excluding carboxylic acids is 1. The third-order valence-electron chi connectivity index (χ3n) is 6.11. The van der Waals surface area contributed by atoms with E-state index in [1.54, 1.807) is 0 Å². The molecule has 1 aromatic heterocycles. The molecule has 1 amide bonds. The van der Waals surface area contributed by atoms with E-state index in [1.165, 1.54) is 5.56 Å². The van der Waals surface area contributed by atoms with Gasteiger partial charge in [0.2, 0.25) is 11.8 Å². The summed E-state index contributed by atoms with van der Waals surface area (Å²) >= 11 is 0. The van der Waals surface area contributed by atoms with E-state index in [2.05, 4.69) is 64.5 Å². The number of benzene rings is 1. The molecule has 0 unspecified atom stereocenters. The molecule has 1 saturated carbocycles. The molecule has 150 valence electrons. The van der Waals surface area contributed by atoms with Gasteiger partial charge in [-0.25, -0.2) is 0 Å². The average Bonchev–Trinajstić information content (AvgIpc) is 3.28. The molecule has 1 N–H and O–H groups in total. The second-order valence-corrected chi connectivity index (χ2v) is 8.96. The maximum absolute atomic E-state index is 12.3. The van der Waals surface area contributed by atoms with Gasteiger partial charge in [0.15, 0.2) is 5.82 Å². The van der Waals surface area contributed by atoms with E-state index in [0.717, 1.165) is 38.4 Å². The van der Waals surface area contributed by atoms with Crippen LogP contribution in [0.5, 0.6) is 0 Å². The van der Waals surface area contributed by atoms with Crippen LogP contribution in [0.15, 0.2) is 34.9 Å². The Kier molecular flexibility index (Phi) is 5.23. The molecule has 3 atom stereocenters. The van der Waals surface area contributed by atoms with Crippen LogP contribution in [0.4, 0.5) is 0 Å². The molecule has 0 bridgehead atoms. The molecule has 2 aliphatic rings. The second kappa shape index (κ2) is 7.66. The molecule has 2 aromatic rings. The molecule has 0 spiro atoms. The molecule has 4 rings (SSSR count). The van der Waals surface area contributed by atoms with Crippen molar-refractivity contribution in [3.63, 3.8) is 0 Å². The number of aromatic nitrogens is 2. The topological polar surface area (TPSA) is 71.3 Å². The SMILES string of the molecule is Cc1noc([C@]23C[C@H](NC(=O)CC(C)C)C[C@H]2CN(Cc2ccccc2)C3)n1. The standard InChI is InChI=1S/C22H30N4O2/c1-15(2)9-20(27)24-19-10-18-13-26(12-17-7-5-4-6-8-17)14-22(18,11-19)21-23-16(3)25-28-21/h4-8,15,18-19H,9-14H2,1-3H3,(H,24,27)/t18-,19+,22-/m0/s1. The van der Waals surface area contributed by atoms with E-state index in [4.69, 9.17) is 4.52 Å². The van der Waals surface area contributed by atoms with Crippen molar-refractivity contribution < 1.29 is 9.32 Å². The van der Waals surface area contributed by atoms with Crippen LogP contribution in [0.1, 0.15) is 50.4 Å². The Bertz CT molecular complexity index is 819. The number of nitrogens with one attached hydrogen (secondary N) is 1. The predicted molar refractivity (Wildman–Crippen MR) is 107 cm³/mol. The van der Waals surface area contributed by atoms with Crippen molar-refractivity contribution in [3.05, 3.63) is 47.6 Å². The van der Waals surface area contributed by atoms with E-state index in [-0.39, 0.29) is 17.4 Å². The molecule has 1 saturated heterocycles. The lowest BCUT2D eigenvalue weighted by molar-refractivity contribution is -0.122. The minimum atomic E-state index is -0.161. The lowest BCUT2D eigenvalue weighted by Crippen LogP contribution is -2.38. The normalized spacial score (nSPS) is 27.3. The highest BCUT2D eigenvalue weighted by Crippen LogP contribution is 2.50. The summed E-state index contributed by atoms with van der Waals surface area (Å²) < 4.78 is 5.67. The van der Waals surface area contributed by atoms with Crippen LogP contribution in [0.3, 0.4) is 0 Å². The first-order valence-corrected chi connectivity index (χ1v) is 10.3. The maximum Gasteiger partial charge on any atom is 0.234 e. The Morgan fingerprint density at radius 1 is 1.36 bits per heavy atom. The first-order valence-electron chi connectivity index (χ1n) is 10.3. The molecule has 6 nitrogen and oxygen atoms in total. The largest absolute Gasteiger partial charge is 0.353 e. The van der Waals surface area contributed by atoms with Crippen LogP contribution in [0.2, 0.25) is 0 Å². The van der Waals surface area contributed by atoms with Crippen LogP contribution in [0, 0.1) is 18.8 Å². The number of hydrogen-bond acceptors (Lipinski definition) is 5. The lowest BCUT2D eigenvalue weighted by atomic mass is 9.80. The van der Waals surface area contributed by atoms with Gasteiger partial charge < -0.3 is 9.84 Å². The summed E-state index contributed by atoms with van der Waals surface area (Å²) in [5, 5.41) is 7.32. The van der Waals surface area contributed by atoms with E-state index in [9.17, 15) is 4.79 Å². The van der Waals surface area contributed by atoms with E-state index >= 15 is 0 Å². The zero-order valence-electron chi connectivity index (χ0n) is 17.0. The lowest BCUT2D eigenvalue weighted by Gasteiger charge is -2.25. The molecule has 1 aromatic carbocycles. The monoisotopic (exact) mass is 382 g/mol. The number of carbonyl (C=O) groups is 1. The quantitative estimate of drug-likeness (QED) is 0.831. The highest BCUT2D eigenvalue weighted by molar-refractivity contribution is 5.76. The summed E-state index contributed by atoms with van der Waals surface area (Å²) in [6.07, 6.45) is 2.42. The molecule has 28 heavy (non-hydrogen) atoms. The van der Waals surface area contributed by atoms with E-state index in [0.29, 0.717) is 24.1 Å². The van der Waals surface area contributed by atoms with Gasteiger partial charge in [0.1, 0.15) is 0 Å². The number of amides is 1. The van der Waals surface area contributed by atoms with Crippen molar-refractivity contribution in [2.24, 2.45) is 11.8 Å². The van der Waals surface area contributed by atoms with Gasteiger partial charge >= 0.3 is 0 Å². The summed E-state index contributed by atoms with van der Waals surface area (Å²) in [4.78, 5) is 19.4. The van der Waals surface area contributed by atoms with Gasteiger partial charge in [-0.3, -0.25) is 9.69 Å². The number of aryl methyl sites for hydroxylation is 1. The van der Waals surface area contributed by atoms with Gasteiger partial charge in [0.05, 0.1) is 5.41 Å². The van der Waals surface area contributed by atoms with Crippen LogP contribution < -0.4 is 5.32 Å². The van der Waals surface area contributed by atoms with Crippen molar-refractivity contribution in [2.45, 2.75) is 58.0 Å². The summed E-state index contributed by atoms with van der Waals surface area (Å²) in [5.74, 6) is 2.36. The van der Waals surface area contributed by atoms with Gasteiger partial charge in [0, 0.05) is 32.1 Å². The van der Waals surface area contributed by atoms with Crippen LogP contribution in [-0.2, 0) is 16.8 Å². The fourth-order valence-electron chi connectivity index (χ4n) is 5.04. The van der Waals surface area contributed by atoms with E-state index < -0.39 is 0 Å². The van der Waals surface area contributed by atoms with Crippen molar-refractivity contribution in [1.82, 2.24) is 20.4 Å². The number of fused-ring (bicyclic) bond motifs is 1. The Morgan fingerprint density at radius 2 is 2.14 bits per heavy atom. The molecule has 0 radical (unpaired) electrons. The third kappa shape index (κ3) is 3.83. The number of likely N-dealkylation sites (tertiary alicyclic amines) is 1. The van der Waals surface area contributed by atoms with Crippen molar-refractivity contribution in [2.75, 3.05) is 13.1 Å². The predicted octanol–water partition coefficient (Wildman–Crippen LogP) is 3.07. The highest BCUT2D eigenvalue weighted by atomic mass is 16.5. The minimum Gasteiger partial charge on any atom is -0.353 e. The molecular formula is C22H30N4O2. The summed E-state index contributed by atoms with van der Waals surface area (Å²) in [5.41, 5.74) is 1.16. The third-order valence-corrected chi connectivity index (χ3v) is 6.11. The number of hydrogen-bond donors (Lipinski definition) is 1. The van der Waals surface area contributed by atoms with Gasteiger partial charge in [-0.2, -0.15) is 4.98 Å². The molecular weight excluding hydrogens is 352 g/mol. The summed E-state index contributed by atoms with van der Waals surface area (Å²) in [7, 11) is 0. The average molecular weight is 383 g/mol. The Labute approximate surface area is 166 Å². The first kappa shape index (κ1) is 19.1. The van der Waals surface area contributed by atoms with Crippen LogP contribution in [0.25, 0.3) is 0 Å². The maximum atomic E-state index is 12.3. The van der Waals surface area contributed by atoms with E-state index in [1.807, 2.05) is 6.92 Å². The molecule has 2 heterocycles. The second-order valence-electron chi connectivity index (χ2n) is 8.96. The fourth-order valence-corrected chi connectivity index (χ4v) is 5.04. The Balaban J connectivity index is 1.51. The molecule has 2 fully saturated rings. The number of nitrogens with zero attached hydrogens (tertiary/aromatic N) is 3. The smallest absolute Gasteiger partial charge is 0.234 e.